The zero-order valence-electron chi connectivity index (χ0n) is 7.84. The van der Waals surface area contributed by atoms with Crippen LogP contribution >= 0.6 is 27.3 Å². The van der Waals surface area contributed by atoms with Crippen molar-refractivity contribution in [3.8, 4) is 10.6 Å². The predicted molar refractivity (Wildman–Crippen MR) is 65.2 cm³/mol. The summed E-state index contributed by atoms with van der Waals surface area (Å²) in [5.74, 6) is 0. The molecule has 2 rings (SSSR count). The molecule has 80 valence electrons. The minimum absolute atomic E-state index is 0.0834. The molecule has 2 aromatic rings. The summed E-state index contributed by atoms with van der Waals surface area (Å²) >= 11 is 4.97. The van der Waals surface area contributed by atoms with Gasteiger partial charge in [-0.15, -0.1) is 11.3 Å². The first-order valence-electron chi connectivity index (χ1n) is 4.47. The number of aromatic nitrogens is 2. The van der Waals surface area contributed by atoms with E-state index in [1.54, 1.807) is 11.3 Å². The minimum atomic E-state index is -0.0834. The molecule has 0 amide bonds. The normalized spacial score (nSPS) is 10.8. The number of nitrogens with two attached hydrogens (primary N) is 1. The molecular weight excluding hydrogens is 278 g/mol. The molecule has 0 aliphatic carbocycles. The fourth-order valence-corrected chi connectivity index (χ4v) is 2.84. The molecule has 0 unspecified atom stereocenters. The van der Waals surface area contributed by atoms with Gasteiger partial charge >= 0.3 is 0 Å². The monoisotopic (exact) mass is 287 g/mol. The SMILES string of the molecule is NCCc1c(-c2ccc(Br)s2)[nH][nH]c1=O. The Bertz CT molecular complexity index is 513. The number of hydrogen-bond acceptors (Lipinski definition) is 3. The second-order valence-corrected chi connectivity index (χ2v) is 5.54. The van der Waals surface area contributed by atoms with Crippen molar-refractivity contribution in [2.75, 3.05) is 6.54 Å². The largest absolute Gasteiger partial charge is 0.330 e. The molecule has 0 saturated carbocycles. The lowest BCUT2D eigenvalue weighted by Crippen LogP contribution is -2.11. The fourth-order valence-electron chi connectivity index (χ4n) is 1.43. The molecule has 4 nitrogen and oxygen atoms in total. The summed E-state index contributed by atoms with van der Waals surface area (Å²) < 4.78 is 1.04. The van der Waals surface area contributed by atoms with Crippen LogP contribution in [-0.2, 0) is 6.42 Å². The highest BCUT2D eigenvalue weighted by Crippen LogP contribution is 2.30. The summed E-state index contributed by atoms with van der Waals surface area (Å²) in [6, 6.07) is 3.92. The Balaban J connectivity index is 2.48. The molecule has 6 heteroatoms. The van der Waals surface area contributed by atoms with Gasteiger partial charge in [0.25, 0.3) is 5.56 Å². The van der Waals surface area contributed by atoms with Crippen LogP contribution in [0.4, 0.5) is 0 Å². The first-order valence-corrected chi connectivity index (χ1v) is 6.08. The van der Waals surface area contributed by atoms with Gasteiger partial charge in [0.2, 0.25) is 0 Å². The number of aromatic amines is 2. The third-order valence-corrected chi connectivity index (χ3v) is 3.73. The summed E-state index contributed by atoms with van der Waals surface area (Å²) in [4.78, 5) is 12.5. The maximum Gasteiger partial charge on any atom is 0.267 e. The van der Waals surface area contributed by atoms with E-state index < -0.39 is 0 Å². The zero-order chi connectivity index (χ0) is 10.8. The Labute approximate surface area is 98.6 Å². The van der Waals surface area contributed by atoms with Gasteiger partial charge in [0.05, 0.1) is 14.4 Å². The lowest BCUT2D eigenvalue weighted by atomic mass is 10.1. The molecule has 0 atom stereocenters. The standard InChI is InChI=1S/C9H10BrN3OS/c10-7-2-1-6(15-7)8-5(3-4-11)9(14)13-12-8/h1-2H,3-4,11H2,(H2,12,13,14). The van der Waals surface area contributed by atoms with Crippen LogP contribution in [0.3, 0.4) is 0 Å². The summed E-state index contributed by atoms with van der Waals surface area (Å²) in [5, 5.41) is 5.47. The molecule has 0 aromatic carbocycles. The van der Waals surface area contributed by atoms with E-state index in [9.17, 15) is 4.79 Å². The second kappa shape index (κ2) is 4.34. The van der Waals surface area contributed by atoms with Gasteiger partial charge in [-0.25, -0.2) is 0 Å². The molecule has 0 aliphatic heterocycles. The average Bonchev–Trinajstić information content (AvgIpc) is 2.76. The Morgan fingerprint density at radius 2 is 2.20 bits per heavy atom. The number of halogens is 1. The smallest absolute Gasteiger partial charge is 0.267 e. The van der Waals surface area contributed by atoms with Gasteiger partial charge in [-0.3, -0.25) is 15.0 Å². The molecule has 0 bridgehead atoms. The first-order chi connectivity index (χ1) is 7.22. The van der Waals surface area contributed by atoms with Crippen LogP contribution in [0.5, 0.6) is 0 Å². The molecule has 0 fully saturated rings. The van der Waals surface area contributed by atoms with E-state index in [-0.39, 0.29) is 5.56 Å². The number of thiophene rings is 1. The molecule has 15 heavy (non-hydrogen) atoms. The van der Waals surface area contributed by atoms with Crippen molar-refractivity contribution < 1.29 is 0 Å². The van der Waals surface area contributed by atoms with Crippen LogP contribution in [0.25, 0.3) is 10.6 Å². The van der Waals surface area contributed by atoms with Gasteiger partial charge in [-0.2, -0.15) is 0 Å². The average molecular weight is 288 g/mol. The van der Waals surface area contributed by atoms with Crippen LogP contribution in [0.15, 0.2) is 20.7 Å². The van der Waals surface area contributed by atoms with Crippen molar-refractivity contribution in [3.63, 3.8) is 0 Å². The number of rotatable bonds is 3. The first kappa shape index (κ1) is 10.7. The van der Waals surface area contributed by atoms with Gasteiger partial charge in [0.1, 0.15) is 0 Å². The van der Waals surface area contributed by atoms with Gasteiger partial charge in [-0.05, 0) is 41.0 Å². The summed E-state index contributed by atoms with van der Waals surface area (Å²) in [6.07, 6.45) is 0.587. The van der Waals surface area contributed by atoms with Gasteiger partial charge < -0.3 is 5.73 Å². The van der Waals surface area contributed by atoms with E-state index >= 15 is 0 Å². The Kier molecular flexibility index (Phi) is 3.08. The van der Waals surface area contributed by atoms with Crippen molar-refractivity contribution in [3.05, 3.63) is 31.8 Å². The van der Waals surface area contributed by atoms with Gasteiger partial charge in [0.15, 0.2) is 0 Å². The maximum absolute atomic E-state index is 11.5. The van der Waals surface area contributed by atoms with Crippen LogP contribution in [0.1, 0.15) is 5.56 Å². The Morgan fingerprint density at radius 1 is 1.40 bits per heavy atom. The Morgan fingerprint density at radius 3 is 2.80 bits per heavy atom. The number of hydrogen-bond donors (Lipinski definition) is 3. The van der Waals surface area contributed by atoms with E-state index in [4.69, 9.17) is 5.73 Å². The highest BCUT2D eigenvalue weighted by Gasteiger charge is 2.12. The Hall–Kier alpha value is -0.850. The lowest BCUT2D eigenvalue weighted by Gasteiger charge is -1.96. The van der Waals surface area contributed by atoms with Crippen LogP contribution in [0, 0.1) is 0 Å². The summed E-state index contributed by atoms with van der Waals surface area (Å²) in [7, 11) is 0. The molecule has 4 N–H and O–H groups in total. The van der Waals surface area contributed by atoms with Crippen molar-refractivity contribution in [2.24, 2.45) is 5.73 Å². The molecule has 0 aliphatic rings. The third-order valence-electron chi connectivity index (χ3n) is 2.09. The highest BCUT2D eigenvalue weighted by atomic mass is 79.9. The van der Waals surface area contributed by atoms with Crippen LogP contribution in [-0.4, -0.2) is 16.7 Å². The topological polar surface area (TPSA) is 74.7 Å². The maximum atomic E-state index is 11.5. The van der Waals surface area contributed by atoms with E-state index in [0.29, 0.717) is 13.0 Å². The molecule has 0 saturated heterocycles. The van der Waals surface area contributed by atoms with E-state index in [0.717, 1.165) is 19.9 Å². The van der Waals surface area contributed by atoms with Gasteiger partial charge in [0, 0.05) is 5.56 Å². The lowest BCUT2D eigenvalue weighted by molar-refractivity contribution is 0.960. The van der Waals surface area contributed by atoms with Crippen molar-refractivity contribution in [1.82, 2.24) is 10.2 Å². The minimum Gasteiger partial charge on any atom is -0.330 e. The second-order valence-electron chi connectivity index (χ2n) is 3.08. The van der Waals surface area contributed by atoms with Crippen molar-refractivity contribution in [2.45, 2.75) is 6.42 Å². The summed E-state index contributed by atoms with van der Waals surface area (Å²) in [6.45, 7) is 0.473. The van der Waals surface area contributed by atoms with Crippen molar-refractivity contribution in [1.29, 1.82) is 0 Å². The number of H-pyrrole nitrogens is 2. The summed E-state index contributed by atoms with van der Waals surface area (Å²) in [5.41, 5.74) is 6.96. The van der Waals surface area contributed by atoms with Gasteiger partial charge in [-0.1, -0.05) is 0 Å². The third kappa shape index (κ3) is 2.06. The van der Waals surface area contributed by atoms with E-state index in [1.807, 2.05) is 12.1 Å². The fraction of sp³-hybridized carbons (Fsp3) is 0.222. The van der Waals surface area contributed by atoms with E-state index in [2.05, 4.69) is 26.1 Å². The predicted octanol–water partition coefficient (Wildman–Crippen LogP) is 1.70. The van der Waals surface area contributed by atoms with E-state index in [1.165, 1.54) is 0 Å². The molecule has 2 aromatic heterocycles. The zero-order valence-corrected chi connectivity index (χ0v) is 10.2. The van der Waals surface area contributed by atoms with Crippen molar-refractivity contribution >= 4 is 27.3 Å². The quantitative estimate of drug-likeness (QED) is 0.804. The van der Waals surface area contributed by atoms with Crippen LogP contribution < -0.4 is 11.3 Å². The molecule has 0 spiro atoms. The highest BCUT2D eigenvalue weighted by molar-refractivity contribution is 9.11. The molecule has 0 radical (unpaired) electrons. The van der Waals surface area contributed by atoms with Crippen LogP contribution in [0.2, 0.25) is 0 Å². The molecule has 2 heterocycles. The molecular formula is C9H10BrN3OS. The number of nitrogens with one attached hydrogen (secondary N) is 2.